The SMILES string of the molecule is CC#C[C@H](C)[C@H]1CCO[C@@H](c2ccc(OC)cc2)O1. The lowest BCUT2D eigenvalue weighted by Gasteiger charge is -2.32. The standard InChI is InChI=1S/C16H20O3/c1-4-5-12(2)15-10-11-18-16(19-15)13-6-8-14(17-3)9-7-13/h6-9,12,15-16H,10-11H2,1-3H3/t12-,15+,16+/m0/s1. The van der Waals surface area contributed by atoms with Gasteiger partial charge in [-0.05, 0) is 32.4 Å². The van der Waals surface area contributed by atoms with Crippen LogP contribution in [0, 0.1) is 17.8 Å². The molecule has 1 heterocycles. The summed E-state index contributed by atoms with van der Waals surface area (Å²) in [4.78, 5) is 0. The van der Waals surface area contributed by atoms with Crippen LogP contribution in [0.2, 0.25) is 0 Å². The largest absolute Gasteiger partial charge is 0.497 e. The van der Waals surface area contributed by atoms with Gasteiger partial charge in [0.1, 0.15) is 5.75 Å². The molecule has 102 valence electrons. The van der Waals surface area contributed by atoms with Gasteiger partial charge in [-0.1, -0.05) is 18.1 Å². The fourth-order valence-corrected chi connectivity index (χ4v) is 2.18. The molecule has 0 radical (unpaired) electrons. The first kappa shape index (κ1) is 13.9. The first-order chi connectivity index (χ1) is 9.24. The summed E-state index contributed by atoms with van der Waals surface area (Å²) in [5.74, 6) is 7.17. The lowest BCUT2D eigenvalue weighted by atomic mass is 10.0. The number of rotatable bonds is 3. The zero-order valence-electron chi connectivity index (χ0n) is 11.7. The molecular weight excluding hydrogens is 240 g/mol. The summed E-state index contributed by atoms with van der Waals surface area (Å²) in [5.41, 5.74) is 1.02. The van der Waals surface area contributed by atoms with E-state index in [1.54, 1.807) is 7.11 Å². The minimum absolute atomic E-state index is 0.133. The van der Waals surface area contributed by atoms with Gasteiger partial charge in [0.15, 0.2) is 6.29 Å². The van der Waals surface area contributed by atoms with Gasteiger partial charge in [0.05, 0.1) is 19.8 Å². The highest BCUT2D eigenvalue weighted by molar-refractivity contribution is 5.28. The normalized spacial score (nSPS) is 24.2. The van der Waals surface area contributed by atoms with Crippen LogP contribution in [-0.2, 0) is 9.47 Å². The van der Waals surface area contributed by atoms with Crippen LogP contribution in [0.5, 0.6) is 5.75 Å². The zero-order chi connectivity index (χ0) is 13.7. The quantitative estimate of drug-likeness (QED) is 0.781. The van der Waals surface area contributed by atoms with Crippen molar-refractivity contribution in [3.8, 4) is 17.6 Å². The highest BCUT2D eigenvalue weighted by Gasteiger charge is 2.27. The third-order valence-electron chi connectivity index (χ3n) is 3.29. The minimum atomic E-state index is -0.300. The molecule has 0 spiro atoms. The fraction of sp³-hybridized carbons (Fsp3) is 0.500. The van der Waals surface area contributed by atoms with Gasteiger partial charge in [0.2, 0.25) is 0 Å². The Balaban J connectivity index is 2.05. The summed E-state index contributed by atoms with van der Waals surface area (Å²) in [6, 6.07) is 7.78. The first-order valence-corrected chi connectivity index (χ1v) is 6.58. The highest BCUT2D eigenvalue weighted by atomic mass is 16.7. The van der Waals surface area contributed by atoms with Gasteiger partial charge >= 0.3 is 0 Å². The average molecular weight is 260 g/mol. The van der Waals surface area contributed by atoms with Crippen LogP contribution in [0.15, 0.2) is 24.3 Å². The second-order valence-corrected chi connectivity index (χ2v) is 4.62. The summed E-state index contributed by atoms with van der Waals surface area (Å²) in [6.07, 6.45) is 0.724. The second-order valence-electron chi connectivity index (χ2n) is 4.62. The molecule has 3 nitrogen and oxygen atoms in total. The van der Waals surface area contributed by atoms with E-state index in [0.717, 1.165) is 17.7 Å². The summed E-state index contributed by atoms with van der Waals surface area (Å²) < 4.78 is 16.8. The van der Waals surface area contributed by atoms with Crippen molar-refractivity contribution < 1.29 is 14.2 Å². The topological polar surface area (TPSA) is 27.7 Å². The van der Waals surface area contributed by atoms with Crippen molar-refractivity contribution in [2.75, 3.05) is 13.7 Å². The van der Waals surface area contributed by atoms with Gasteiger partial charge in [-0.25, -0.2) is 0 Å². The van der Waals surface area contributed by atoms with Crippen molar-refractivity contribution in [1.29, 1.82) is 0 Å². The van der Waals surface area contributed by atoms with E-state index in [2.05, 4.69) is 18.8 Å². The van der Waals surface area contributed by atoms with Crippen molar-refractivity contribution >= 4 is 0 Å². The van der Waals surface area contributed by atoms with E-state index in [9.17, 15) is 0 Å². The van der Waals surface area contributed by atoms with Gasteiger partial charge in [-0.2, -0.15) is 0 Å². The van der Waals surface area contributed by atoms with Gasteiger partial charge in [-0.15, -0.1) is 5.92 Å². The molecule has 1 aliphatic rings. The van der Waals surface area contributed by atoms with Crippen LogP contribution >= 0.6 is 0 Å². The van der Waals surface area contributed by atoms with E-state index in [0.29, 0.717) is 6.61 Å². The number of hydrogen-bond acceptors (Lipinski definition) is 3. The van der Waals surface area contributed by atoms with Gasteiger partial charge in [-0.3, -0.25) is 0 Å². The molecule has 1 saturated heterocycles. The summed E-state index contributed by atoms with van der Waals surface area (Å²) in [6.45, 7) is 4.66. The molecule has 1 aliphatic heterocycles. The van der Waals surface area contributed by atoms with Crippen LogP contribution in [0.3, 0.4) is 0 Å². The molecule has 1 aromatic carbocycles. The molecule has 3 heteroatoms. The second kappa shape index (κ2) is 6.60. The molecule has 0 aliphatic carbocycles. The summed E-state index contributed by atoms with van der Waals surface area (Å²) in [7, 11) is 1.66. The maximum absolute atomic E-state index is 5.99. The highest BCUT2D eigenvalue weighted by Crippen LogP contribution is 2.30. The molecule has 0 amide bonds. The van der Waals surface area contributed by atoms with Gasteiger partial charge < -0.3 is 14.2 Å². The lowest BCUT2D eigenvalue weighted by molar-refractivity contribution is -0.223. The van der Waals surface area contributed by atoms with Crippen molar-refractivity contribution in [1.82, 2.24) is 0 Å². The maximum Gasteiger partial charge on any atom is 0.184 e. The number of hydrogen-bond donors (Lipinski definition) is 0. The van der Waals surface area contributed by atoms with E-state index in [4.69, 9.17) is 14.2 Å². The van der Waals surface area contributed by atoms with Crippen molar-refractivity contribution in [3.63, 3.8) is 0 Å². The molecule has 3 atom stereocenters. The average Bonchev–Trinajstić information content (AvgIpc) is 2.48. The lowest BCUT2D eigenvalue weighted by Crippen LogP contribution is -2.31. The monoisotopic (exact) mass is 260 g/mol. The number of methoxy groups -OCH3 is 1. The van der Waals surface area contributed by atoms with E-state index >= 15 is 0 Å². The molecule has 0 bridgehead atoms. The van der Waals surface area contributed by atoms with Crippen molar-refractivity contribution in [2.24, 2.45) is 5.92 Å². The Bertz CT molecular complexity index is 455. The van der Waals surface area contributed by atoms with Crippen LogP contribution in [0.4, 0.5) is 0 Å². The molecule has 0 N–H and O–H groups in total. The van der Waals surface area contributed by atoms with E-state index in [1.165, 1.54) is 0 Å². The minimum Gasteiger partial charge on any atom is -0.497 e. The zero-order valence-corrected chi connectivity index (χ0v) is 11.7. The summed E-state index contributed by atoms with van der Waals surface area (Å²) >= 11 is 0. The molecule has 1 aromatic rings. The third kappa shape index (κ3) is 3.50. The van der Waals surface area contributed by atoms with E-state index in [-0.39, 0.29) is 18.3 Å². The molecule has 1 fully saturated rings. The Labute approximate surface area is 114 Å². The Morgan fingerprint density at radius 3 is 2.68 bits per heavy atom. The number of benzene rings is 1. The molecule has 19 heavy (non-hydrogen) atoms. The Kier molecular flexibility index (Phi) is 4.84. The maximum atomic E-state index is 5.99. The Morgan fingerprint density at radius 2 is 2.05 bits per heavy atom. The first-order valence-electron chi connectivity index (χ1n) is 6.58. The molecule has 0 saturated carbocycles. The number of ether oxygens (including phenoxy) is 3. The molecular formula is C16H20O3. The van der Waals surface area contributed by atoms with Crippen LogP contribution in [-0.4, -0.2) is 19.8 Å². The predicted molar refractivity (Wildman–Crippen MR) is 73.8 cm³/mol. The van der Waals surface area contributed by atoms with Crippen LogP contribution in [0.25, 0.3) is 0 Å². The van der Waals surface area contributed by atoms with E-state index < -0.39 is 0 Å². The van der Waals surface area contributed by atoms with Crippen LogP contribution in [0.1, 0.15) is 32.1 Å². The Hall–Kier alpha value is -1.50. The Morgan fingerprint density at radius 1 is 1.32 bits per heavy atom. The molecule has 2 rings (SSSR count). The smallest absolute Gasteiger partial charge is 0.184 e. The van der Waals surface area contributed by atoms with Gasteiger partial charge in [0.25, 0.3) is 0 Å². The summed E-state index contributed by atoms with van der Waals surface area (Å²) in [5, 5.41) is 0. The van der Waals surface area contributed by atoms with Crippen LogP contribution < -0.4 is 4.74 Å². The third-order valence-corrected chi connectivity index (χ3v) is 3.29. The van der Waals surface area contributed by atoms with Gasteiger partial charge in [0, 0.05) is 11.5 Å². The fourth-order valence-electron chi connectivity index (χ4n) is 2.18. The van der Waals surface area contributed by atoms with E-state index in [1.807, 2.05) is 31.2 Å². The molecule has 0 aromatic heterocycles. The van der Waals surface area contributed by atoms with Crippen molar-refractivity contribution in [3.05, 3.63) is 29.8 Å². The predicted octanol–water partition coefficient (Wildman–Crippen LogP) is 3.16. The molecule has 0 unspecified atom stereocenters. The van der Waals surface area contributed by atoms with Crippen molar-refractivity contribution in [2.45, 2.75) is 32.7 Å².